The van der Waals surface area contributed by atoms with E-state index >= 15 is 0 Å². The second-order valence-corrected chi connectivity index (χ2v) is 4.65. The topological polar surface area (TPSA) is 82.2 Å². The second-order valence-electron chi connectivity index (χ2n) is 4.65. The average Bonchev–Trinajstić information content (AvgIpc) is 2.89. The van der Waals surface area contributed by atoms with Gasteiger partial charge in [0.25, 0.3) is 5.91 Å². The van der Waals surface area contributed by atoms with Gasteiger partial charge in [-0.05, 0) is 31.5 Å². The standard InChI is InChI=1S/C15H20N4O2/c1-3-7-19-10-12(9-18-19)21-14-6-5-11(8-13(14)16)15(20)17-4-2/h5-6,8-10H,3-4,7,16H2,1-2H3,(H,17,20). The van der Waals surface area contributed by atoms with Crippen LogP contribution in [0.4, 0.5) is 5.69 Å². The number of carbonyl (C=O) groups is 1. The number of hydrogen-bond acceptors (Lipinski definition) is 4. The van der Waals surface area contributed by atoms with Crippen LogP contribution in [0.3, 0.4) is 0 Å². The third kappa shape index (κ3) is 3.75. The van der Waals surface area contributed by atoms with E-state index in [1.54, 1.807) is 24.4 Å². The molecule has 1 aromatic carbocycles. The molecule has 0 spiro atoms. The number of nitrogens with zero attached hydrogens (tertiary/aromatic N) is 2. The van der Waals surface area contributed by atoms with Gasteiger partial charge in [-0.15, -0.1) is 0 Å². The smallest absolute Gasteiger partial charge is 0.251 e. The normalized spacial score (nSPS) is 10.4. The molecule has 0 atom stereocenters. The van der Waals surface area contributed by atoms with Crippen molar-refractivity contribution in [3.8, 4) is 11.5 Å². The first-order valence-corrected chi connectivity index (χ1v) is 7.02. The summed E-state index contributed by atoms with van der Waals surface area (Å²) < 4.78 is 7.50. The van der Waals surface area contributed by atoms with Crippen LogP contribution in [0.1, 0.15) is 30.6 Å². The van der Waals surface area contributed by atoms with E-state index in [-0.39, 0.29) is 5.91 Å². The highest BCUT2D eigenvalue weighted by Gasteiger charge is 2.09. The van der Waals surface area contributed by atoms with Gasteiger partial charge in [-0.3, -0.25) is 9.48 Å². The maximum absolute atomic E-state index is 11.7. The summed E-state index contributed by atoms with van der Waals surface area (Å²) in [6.07, 6.45) is 4.47. The molecule has 0 aliphatic rings. The van der Waals surface area contributed by atoms with Crippen molar-refractivity contribution in [2.45, 2.75) is 26.8 Å². The van der Waals surface area contributed by atoms with Crippen molar-refractivity contribution in [2.24, 2.45) is 0 Å². The van der Waals surface area contributed by atoms with Crippen molar-refractivity contribution in [2.75, 3.05) is 12.3 Å². The fourth-order valence-corrected chi connectivity index (χ4v) is 1.92. The van der Waals surface area contributed by atoms with Crippen LogP contribution in [-0.2, 0) is 6.54 Å². The molecule has 0 radical (unpaired) electrons. The van der Waals surface area contributed by atoms with Crippen LogP contribution in [-0.4, -0.2) is 22.2 Å². The summed E-state index contributed by atoms with van der Waals surface area (Å²) in [6, 6.07) is 4.99. The van der Waals surface area contributed by atoms with E-state index in [1.807, 2.05) is 17.8 Å². The second kappa shape index (κ2) is 6.78. The van der Waals surface area contributed by atoms with Crippen molar-refractivity contribution >= 4 is 11.6 Å². The number of ether oxygens (including phenoxy) is 1. The number of rotatable bonds is 6. The van der Waals surface area contributed by atoms with Crippen LogP contribution in [0.5, 0.6) is 11.5 Å². The van der Waals surface area contributed by atoms with Crippen LogP contribution in [0, 0.1) is 0 Å². The Morgan fingerprint density at radius 2 is 2.24 bits per heavy atom. The number of nitrogen functional groups attached to an aromatic ring is 1. The zero-order valence-corrected chi connectivity index (χ0v) is 12.3. The maximum atomic E-state index is 11.7. The Bertz CT molecular complexity index is 622. The highest BCUT2D eigenvalue weighted by atomic mass is 16.5. The van der Waals surface area contributed by atoms with E-state index in [4.69, 9.17) is 10.5 Å². The Morgan fingerprint density at radius 1 is 1.43 bits per heavy atom. The molecule has 6 heteroatoms. The Morgan fingerprint density at radius 3 is 2.90 bits per heavy atom. The molecule has 1 aromatic heterocycles. The molecule has 2 aromatic rings. The third-order valence-corrected chi connectivity index (χ3v) is 2.90. The molecule has 0 aliphatic heterocycles. The highest BCUT2D eigenvalue weighted by Crippen LogP contribution is 2.28. The number of benzene rings is 1. The first-order valence-electron chi connectivity index (χ1n) is 7.02. The zero-order valence-electron chi connectivity index (χ0n) is 12.3. The third-order valence-electron chi connectivity index (χ3n) is 2.90. The highest BCUT2D eigenvalue weighted by molar-refractivity contribution is 5.95. The minimum Gasteiger partial charge on any atom is -0.452 e. The Labute approximate surface area is 123 Å². The molecule has 112 valence electrons. The van der Waals surface area contributed by atoms with Gasteiger partial charge in [0.1, 0.15) is 0 Å². The first-order chi connectivity index (χ1) is 10.1. The van der Waals surface area contributed by atoms with Gasteiger partial charge in [-0.1, -0.05) is 6.92 Å². The fourth-order valence-electron chi connectivity index (χ4n) is 1.92. The molecule has 3 N–H and O–H groups in total. The molecule has 1 heterocycles. The summed E-state index contributed by atoms with van der Waals surface area (Å²) in [7, 11) is 0. The van der Waals surface area contributed by atoms with Gasteiger partial charge in [-0.25, -0.2) is 0 Å². The predicted octanol–water partition coefficient (Wildman–Crippen LogP) is 2.42. The number of carbonyl (C=O) groups excluding carboxylic acids is 1. The number of aryl methyl sites for hydroxylation is 1. The molecule has 21 heavy (non-hydrogen) atoms. The van der Waals surface area contributed by atoms with Crippen molar-refractivity contribution in [1.82, 2.24) is 15.1 Å². The van der Waals surface area contributed by atoms with Crippen LogP contribution >= 0.6 is 0 Å². The molecule has 0 aliphatic carbocycles. The van der Waals surface area contributed by atoms with Gasteiger partial charge in [0, 0.05) is 18.7 Å². The summed E-state index contributed by atoms with van der Waals surface area (Å²) in [5.74, 6) is 0.992. The van der Waals surface area contributed by atoms with E-state index in [0.717, 1.165) is 13.0 Å². The van der Waals surface area contributed by atoms with Gasteiger partial charge in [0.05, 0.1) is 18.1 Å². The van der Waals surface area contributed by atoms with Gasteiger partial charge >= 0.3 is 0 Å². The number of aromatic nitrogens is 2. The number of nitrogens with one attached hydrogen (secondary N) is 1. The summed E-state index contributed by atoms with van der Waals surface area (Å²) >= 11 is 0. The Hall–Kier alpha value is -2.50. The number of nitrogens with two attached hydrogens (primary N) is 1. The lowest BCUT2D eigenvalue weighted by Crippen LogP contribution is -2.22. The zero-order chi connectivity index (χ0) is 15.2. The molecule has 0 saturated heterocycles. The van der Waals surface area contributed by atoms with Crippen LogP contribution in [0.15, 0.2) is 30.6 Å². The molecule has 0 fully saturated rings. The van der Waals surface area contributed by atoms with E-state index in [0.29, 0.717) is 29.3 Å². The summed E-state index contributed by atoms with van der Waals surface area (Å²) in [5, 5.41) is 6.92. The quantitative estimate of drug-likeness (QED) is 0.800. The van der Waals surface area contributed by atoms with Crippen LogP contribution in [0.2, 0.25) is 0 Å². The molecule has 1 amide bonds. The van der Waals surface area contributed by atoms with Crippen molar-refractivity contribution in [3.63, 3.8) is 0 Å². The molecule has 0 bridgehead atoms. The SMILES string of the molecule is CCCn1cc(Oc2ccc(C(=O)NCC)cc2N)cn1. The predicted molar refractivity (Wildman–Crippen MR) is 81.5 cm³/mol. The Kier molecular flexibility index (Phi) is 4.81. The minimum absolute atomic E-state index is 0.147. The van der Waals surface area contributed by atoms with Crippen LogP contribution < -0.4 is 15.8 Å². The van der Waals surface area contributed by atoms with Gasteiger partial charge in [-0.2, -0.15) is 5.10 Å². The molecule has 6 nitrogen and oxygen atoms in total. The lowest BCUT2D eigenvalue weighted by Gasteiger charge is -2.08. The number of anilines is 1. The average molecular weight is 288 g/mol. The number of hydrogen-bond donors (Lipinski definition) is 2. The molecular formula is C15H20N4O2. The number of amides is 1. The molecule has 0 unspecified atom stereocenters. The van der Waals surface area contributed by atoms with Crippen molar-refractivity contribution in [1.29, 1.82) is 0 Å². The lowest BCUT2D eigenvalue weighted by atomic mass is 10.2. The minimum atomic E-state index is -0.147. The van der Waals surface area contributed by atoms with Gasteiger partial charge in [0.15, 0.2) is 11.5 Å². The monoisotopic (exact) mass is 288 g/mol. The summed E-state index contributed by atoms with van der Waals surface area (Å²) in [5.41, 5.74) is 6.87. The molecular weight excluding hydrogens is 268 g/mol. The van der Waals surface area contributed by atoms with Gasteiger partial charge < -0.3 is 15.8 Å². The van der Waals surface area contributed by atoms with Gasteiger partial charge in [0.2, 0.25) is 0 Å². The largest absolute Gasteiger partial charge is 0.452 e. The Balaban J connectivity index is 2.11. The first kappa shape index (κ1) is 14.9. The van der Waals surface area contributed by atoms with E-state index in [9.17, 15) is 4.79 Å². The summed E-state index contributed by atoms with van der Waals surface area (Å²) in [6.45, 7) is 5.37. The van der Waals surface area contributed by atoms with Crippen molar-refractivity contribution in [3.05, 3.63) is 36.2 Å². The maximum Gasteiger partial charge on any atom is 0.251 e. The van der Waals surface area contributed by atoms with Crippen molar-refractivity contribution < 1.29 is 9.53 Å². The van der Waals surface area contributed by atoms with E-state index in [2.05, 4.69) is 17.3 Å². The van der Waals surface area contributed by atoms with E-state index < -0.39 is 0 Å². The van der Waals surface area contributed by atoms with Crippen LogP contribution in [0.25, 0.3) is 0 Å². The fraction of sp³-hybridized carbons (Fsp3) is 0.333. The molecule has 2 rings (SSSR count). The summed E-state index contributed by atoms with van der Waals surface area (Å²) in [4.78, 5) is 11.7. The van der Waals surface area contributed by atoms with E-state index in [1.165, 1.54) is 0 Å². The molecule has 0 saturated carbocycles. The lowest BCUT2D eigenvalue weighted by molar-refractivity contribution is 0.0956.